The highest BCUT2D eigenvalue weighted by Gasteiger charge is 2.26. The van der Waals surface area contributed by atoms with Crippen LogP contribution in [0.25, 0.3) is 22.6 Å². The summed E-state index contributed by atoms with van der Waals surface area (Å²) in [6.45, 7) is 1.87. The van der Waals surface area contributed by atoms with Crippen LogP contribution in [0, 0.1) is 6.92 Å². The topological polar surface area (TPSA) is 68.4 Å². The third kappa shape index (κ3) is 3.79. The first kappa shape index (κ1) is 17.5. The first-order chi connectivity index (χ1) is 13.1. The first-order valence-corrected chi connectivity index (χ1v) is 9.15. The van der Waals surface area contributed by atoms with Crippen LogP contribution < -0.4 is 4.74 Å². The fourth-order valence-electron chi connectivity index (χ4n) is 3.36. The second kappa shape index (κ2) is 7.39. The molecule has 4 rings (SSSR count). The minimum absolute atomic E-state index is 0.0839. The Hall–Kier alpha value is -2.89. The van der Waals surface area contributed by atoms with E-state index in [4.69, 9.17) is 9.15 Å². The number of hydrogen-bond donors (Lipinski definition) is 1. The average molecular weight is 368 g/mol. The van der Waals surface area contributed by atoms with Crippen molar-refractivity contribution in [3.8, 4) is 34.2 Å². The first-order valence-electron chi connectivity index (χ1n) is 9.15. The number of aromatic nitrogens is 2. The van der Waals surface area contributed by atoms with E-state index in [1.54, 1.807) is 24.3 Å². The summed E-state index contributed by atoms with van der Waals surface area (Å²) in [5, 5.41) is 18.6. The van der Waals surface area contributed by atoms with Gasteiger partial charge in [0.05, 0.1) is 5.69 Å². The van der Waals surface area contributed by atoms with Crippen molar-refractivity contribution in [1.82, 2.24) is 10.2 Å². The maximum absolute atomic E-state index is 13.9. The van der Waals surface area contributed by atoms with E-state index in [2.05, 4.69) is 10.2 Å². The van der Waals surface area contributed by atoms with Gasteiger partial charge in [0, 0.05) is 17.2 Å². The zero-order chi connectivity index (χ0) is 18.8. The van der Waals surface area contributed by atoms with Crippen molar-refractivity contribution in [1.29, 1.82) is 0 Å². The minimum atomic E-state index is -0.956. The van der Waals surface area contributed by atoms with Crippen molar-refractivity contribution in [2.24, 2.45) is 0 Å². The average Bonchev–Trinajstić information content (AvgIpc) is 3.11. The lowest BCUT2D eigenvalue weighted by atomic mass is 9.96. The highest BCUT2D eigenvalue weighted by molar-refractivity contribution is 5.72. The van der Waals surface area contributed by atoms with E-state index >= 15 is 0 Å². The molecule has 1 saturated carbocycles. The maximum Gasteiger partial charge on any atom is 0.233 e. The van der Waals surface area contributed by atoms with Crippen molar-refractivity contribution in [2.75, 3.05) is 0 Å². The predicted octanol–water partition coefficient (Wildman–Crippen LogP) is 5.08. The van der Waals surface area contributed by atoms with Crippen LogP contribution in [-0.4, -0.2) is 27.6 Å². The van der Waals surface area contributed by atoms with Crippen LogP contribution in [0.2, 0.25) is 0 Å². The molecule has 1 aromatic carbocycles. The molecular formula is C21H21FN2O3. The summed E-state index contributed by atoms with van der Waals surface area (Å²) in [5.41, 5.74) is 1.85. The van der Waals surface area contributed by atoms with Crippen LogP contribution in [0.4, 0.5) is 4.39 Å². The van der Waals surface area contributed by atoms with E-state index in [9.17, 15) is 9.50 Å². The van der Waals surface area contributed by atoms with Gasteiger partial charge < -0.3 is 14.3 Å². The fourth-order valence-corrected chi connectivity index (χ4v) is 3.36. The number of furan rings is 1. The van der Waals surface area contributed by atoms with Gasteiger partial charge in [0.1, 0.15) is 29.5 Å². The molecule has 2 aromatic heterocycles. The van der Waals surface area contributed by atoms with Crippen molar-refractivity contribution in [3.05, 3.63) is 48.2 Å². The maximum atomic E-state index is 13.9. The number of alkyl halides is 1. The molecule has 0 saturated heterocycles. The van der Waals surface area contributed by atoms with Gasteiger partial charge in [0.2, 0.25) is 5.88 Å². The van der Waals surface area contributed by atoms with E-state index in [0.717, 1.165) is 24.2 Å². The second-order valence-corrected chi connectivity index (χ2v) is 6.86. The van der Waals surface area contributed by atoms with Crippen LogP contribution in [0.5, 0.6) is 11.6 Å². The van der Waals surface area contributed by atoms with Crippen LogP contribution in [0.15, 0.2) is 46.9 Å². The zero-order valence-corrected chi connectivity index (χ0v) is 15.1. The Bertz CT molecular complexity index is 923. The Morgan fingerprint density at radius 3 is 2.59 bits per heavy atom. The number of halogens is 1. The van der Waals surface area contributed by atoms with Crippen LogP contribution in [0.1, 0.15) is 31.4 Å². The molecule has 0 bridgehead atoms. The summed E-state index contributed by atoms with van der Waals surface area (Å²) in [5.74, 6) is 1.89. The standard InChI is InChI=1S/C21H21FN2O3/c1-13-6-10-19(26-13)14-7-8-15(18(25)12-14)17-9-11-21(24-23-17)27-20-5-3-2-4-16(20)22/h6-12,16,20,25H,2-5H2,1H3/t16-,20+/m1/s1. The summed E-state index contributed by atoms with van der Waals surface area (Å²) < 4.78 is 25.1. The molecule has 1 aliphatic carbocycles. The van der Waals surface area contributed by atoms with E-state index in [0.29, 0.717) is 35.7 Å². The third-order valence-corrected chi connectivity index (χ3v) is 4.83. The third-order valence-electron chi connectivity index (χ3n) is 4.83. The number of ether oxygens (including phenoxy) is 1. The smallest absolute Gasteiger partial charge is 0.233 e. The number of nitrogens with zero attached hydrogens (tertiary/aromatic N) is 2. The molecule has 6 heteroatoms. The lowest BCUT2D eigenvalue weighted by Crippen LogP contribution is -2.32. The largest absolute Gasteiger partial charge is 0.507 e. The van der Waals surface area contributed by atoms with Crippen LogP contribution >= 0.6 is 0 Å². The SMILES string of the molecule is Cc1ccc(-c2ccc(-c3ccc(O[C@H]4CCCC[C@H]4F)nn3)c(O)c2)o1. The lowest BCUT2D eigenvalue weighted by molar-refractivity contribution is 0.0594. The number of benzene rings is 1. The number of rotatable bonds is 4. The summed E-state index contributed by atoms with van der Waals surface area (Å²) in [7, 11) is 0. The van der Waals surface area contributed by atoms with E-state index in [1.165, 1.54) is 0 Å². The molecule has 2 heterocycles. The van der Waals surface area contributed by atoms with Crippen molar-refractivity contribution in [3.63, 3.8) is 0 Å². The van der Waals surface area contributed by atoms with Crippen molar-refractivity contribution in [2.45, 2.75) is 44.9 Å². The number of aryl methyl sites for hydroxylation is 1. The van der Waals surface area contributed by atoms with E-state index in [1.807, 2.05) is 25.1 Å². The zero-order valence-electron chi connectivity index (χ0n) is 15.1. The van der Waals surface area contributed by atoms with Gasteiger partial charge in [-0.3, -0.25) is 0 Å². The molecule has 1 aliphatic rings. The molecule has 0 aliphatic heterocycles. The predicted molar refractivity (Wildman–Crippen MR) is 99.4 cm³/mol. The molecular weight excluding hydrogens is 347 g/mol. The molecule has 2 atom stereocenters. The fraction of sp³-hybridized carbons (Fsp3) is 0.333. The molecule has 0 radical (unpaired) electrons. The Labute approximate surface area is 156 Å². The van der Waals surface area contributed by atoms with Crippen molar-refractivity contribution < 1.29 is 18.7 Å². The van der Waals surface area contributed by atoms with Gasteiger partial charge >= 0.3 is 0 Å². The summed E-state index contributed by atoms with van der Waals surface area (Å²) in [4.78, 5) is 0. The quantitative estimate of drug-likeness (QED) is 0.696. The molecule has 0 unspecified atom stereocenters. The molecule has 0 amide bonds. The van der Waals surface area contributed by atoms with Gasteiger partial charge in [-0.2, -0.15) is 0 Å². The summed E-state index contributed by atoms with van der Waals surface area (Å²) >= 11 is 0. The lowest BCUT2D eigenvalue weighted by Gasteiger charge is -2.25. The Balaban J connectivity index is 1.51. The number of phenolic OH excluding ortho intramolecular Hbond substituents is 1. The van der Waals surface area contributed by atoms with Crippen LogP contribution in [0.3, 0.4) is 0 Å². The highest BCUT2D eigenvalue weighted by atomic mass is 19.1. The minimum Gasteiger partial charge on any atom is -0.507 e. The normalized spacial score (nSPS) is 19.8. The number of hydrogen-bond acceptors (Lipinski definition) is 5. The summed E-state index contributed by atoms with van der Waals surface area (Å²) in [6, 6.07) is 12.4. The Morgan fingerprint density at radius 1 is 1.07 bits per heavy atom. The number of phenols is 1. The molecule has 140 valence electrons. The van der Waals surface area contributed by atoms with Gasteiger partial charge in [0.15, 0.2) is 0 Å². The van der Waals surface area contributed by atoms with E-state index < -0.39 is 12.3 Å². The van der Waals surface area contributed by atoms with Gasteiger partial charge in [0.25, 0.3) is 0 Å². The van der Waals surface area contributed by atoms with Gasteiger partial charge in [-0.05, 0) is 56.5 Å². The van der Waals surface area contributed by atoms with Gasteiger partial charge in [-0.1, -0.05) is 12.5 Å². The molecule has 1 fully saturated rings. The number of aromatic hydroxyl groups is 1. The molecule has 27 heavy (non-hydrogen) atoms. The van der Waals surface area contributed by atoms with Gasteiger partial charge in [-0.15, -0.1) is 10.2 Å². The summed E-state index contributed by atoms with van der Waals surface area (Å²) in [6.07, 6.45) is 1.68. The molecule has 1 N–H and O–H groups in total. The Morgan fingerprint density at radius 2 is 1.93 bits per heavy atom. The van der Waals surface area contributed by atoms with E-state index in [-0.39, 0.29) is 5.75 Å². The molecule has 3 aromatic rings. The van der Waals surface area contributed by atoms with Crippen LogP contribution in [-0.2, 0) is 0 Å². The monoisotopic (exact) mass is 368 g/mol. The Kier molecular flexibility index (Phi) is 4.79. The van der Waals surface area contributed by atoms with Gasteiger partial charge in [-0.25, -0.2) is 4.39 Å². The highest BCUT2D eigenvalue weighted by Crippen LogP contribution is 2.33. The molecule has 5 nitrogen and oxygen atoms in total. The second-order valence-electron chi connectivity index (χ2n) is 6.86. The molecule has 0 spiro atoms. The van der Waals surface area contributed by atoms with Crippen molar-refractivity contribution >= 4 is 0 Å².